The van der Waals surface area contributed by atoms with Crippen LogP contribution >= 0.6 is 0 Å². The normalized spacial score (nSPS) is 13.6. The maximum Gasteiger partial charge on any atom is 0.283 e. The van der Waals surface area contributed by atoms with E-state index in [1.807, 2.05) is 38.1 Å². The number of aromatic amines is 1. The number of rotatable bonds is 8. The highest BCUT2D eigenvalue weighted by Crippen LogP contribution is 2.23. The number of Topliss-reactive ketones (excluding diaryl/α,β-unsaturated/α-hetero) is 1. The second kappa shape index (κ2) is 8.05. The molecule has 0 fully saturated rings. The van der Waals surface area contributed by atoms with Crippen LogP contribution in [-0.4, -0.2) is 33.6 Å². The highest BCUT2D eigenvalue weighted by atomic mass is 16.4. The van der Waals surface area contributed by atoms with Crippen molar-refractivity contribution >= 4 is 16.7 Å². The Morgan fingerprint density at radius 2 is 2.03 bits per heavy atom. The second-order valence-electron chi connectivity index (χ2n) is 7.32. The molecule has 3 heterocycles. The largest absolute Gasteiger partial charge is 0.459 e. The average molecular weight is 393 g/mol. The number of para-hydroxylation sites is 1. The quantitative estimate of drug-likeness (QED) is 0.449. The van der Waals surface area contributed by atoms with Gasteiger partial charge in [0.1, 0.15) is 6.04 Å². The van der Waals surface area contributed by atoms with E-state index in [-0.39, 0.29) is 11.8 Å². The minimum absolute atomic E-state index is 0.120. The fourth-order valence-electron chi connectivity index (χ4n) is 3.79. The summed E-state index contributed by atoms with van der Waals surface area (Å²) >= 11 is 0. The van der Waals surface area contributed by atoms with E-state index >= 15 is 0 Å². The van der Waals surface area contributed by atoms with Crippen LogP contribution in [-0.2, 0) is 6.54 Å². The second-order valence-corrected chi connectivity index (χ2v) is 7.32. The first-order chi connectivity index (χ1) is 14.1. The van der Waals surface area contributed by atoms with Crippen LogP contribution < -0.4 is 4.90 Å². The average Bonchev–Trinajstić information content (AvgIpc) is 3.45. The Morgan fingerprint density at radius 3 is 2.79 bits per heavy atom. The van der Waals surface area contributed by atoms with Crippen molar-refractivity contribution in [3.8, 4) is 11.7 Å². The van der Waals surface area contributed by atoms with Crippen LogP contribution in [0, 0.1) is 6.92 Å². The van der Waals surface area contributed by atoms with Gasteiger partial charge in [-0.25, -0.2) is 0 Å². The van der Waals surface area contributed by atoms with E-state index in [9.17, 15) is 4.79 Å². The van der Waals surface area contributed by atoms with Gasteiger partial charge in [0.25, 0.3) is 11.8 Å². The van der Waals surface area contributed by atoms with Gasteiger partial charge in [0.05, 0.1) is 18.4 Å². The molecule has 7 heteroatoms. The van der Waals surface area contributed by atoms with Crippen LogP contribution in [0.5, 0.6) is 0 Å². The predicted octanol–water partition coefficient (Wildman–Crippen LogP) is 3.19. The molecule has 4 aromatic rings. The molecule has 4 rings (SSSR count). The van der Waals surface area contributed by atoms with Crippen LogP contribution in [0.15, 0.2) is 51.5 Å². The van der Waals surface area contributed by atoms with Crippen molar-refractivity contribution in [3.05, 3.63) is 59.8 Å². The molecule has 0 spiro atoms. The minimum Gasteiger partial charge on any atom is -0.459 e. The molecule has 0 aliphatic carbocycles. The monoisotopic (exact) mass is 393 g/mol. The number of ketones is 1. The maximum atomic E-state index is 13.4. The van der Waals surface area contributed by atoms with E-state index in [2.05, 4.69) is 22.1 Å². The Morgan fingerprint density at radius 1 is 1.21 bits per heavy atom. The summed E-state index contributed by atoms with van der Waals surface area (Å²) in [5, 5.41) is 9.19. The van der Waals surface area contributed by atoms with Crippen molar-refractivity contribution in [1.29, 1.82) is 0 Å². The van der Waals surface area contributed by atoms with Crippen LogP contribution in [0.2, 0.25) is 0 Å². The van der Waals surface area contributed by atoms with E-state index in [0.29, 0.717) is 24.1 Å². The van der Waals surface area contributed by atoms with Gasteiger partial charge < -0.3 is 18.7 Å². The van der Waals surface area contributed by atoms with Gasteiger partial charge >= 0.3 is 0 Å². The van der Waals surface area contributed by atoms with Crippen molar-refractivity contribution in [1.82, 2.24) is 15.2 Å². The number of nitrogens with zero attached hydrogens (tertiary/aromatic N) is 2. The summed E-state index contributed by atoms with van der Waals surface area (Å²) in [6, 6.07) is 11.2. The highest BCUT2D eigenvalue weighted by molar-refractivity contribution is 6.10. The lowest BCUT2D eigenvalue weighted by molar-refractivity contribution is -0.928. The number of nitrogens with one attached hydrogen (secondary N) is 2. The highest BCUT2D eigenvalue weighted by Gasteiger charge is 2.30. The standard InChI is InChI=1S/C22H24N4O3/c1-4-11-26(13-19-24-25-22(29-19)18-10-7-12-28-18)15(3)21(27)20-14(2)23-17-9-6-5-8-16(17)20/h5-10,12,15,23H,4,11,13H2,1-3H3/p+1/t15-/m1/s1. The zero-order valence-electron chi connectivity index (χ0n) is 16.9. The van der Waals surface area contributed by atoms with E-state index in [1.54, 1.807) is 18.4 Å². The molecule has 0 saturated carbocycles. The number of benzene rings is 1. The molecular weight excluding hydrogens is 368 g/mol. The Bertz CT molecular complexity index is 1110. The van der Waals surface area contributed by atoms with E-state index in [1.165, 1.54) is 0 Å². The number of furan rings is 1. The number of H-pyrrole nitrogens is 1. The molecule has 1 unspecified atom stereocenters. The van der Waals surface area contributed by atoms with Crippen molar-refractivity contribution in [3.63, 3.8) is 0 Å². The molecule has 150 valence electrons. The van der Waals surface area contributed by atoms with Gasteiger partial charge in [-0.1, -0.05) is 25.1 Å². The Balaban J connectivity index is 1.58. The third kappa shape index (κ3) is 3.73. The number of fused-ring (bicyclic) bond motifs is 1. The van der Waals surface area contributed by atoms with Gasteiger partial charge in [-0.2, -0.15) is 0 Å². The number of aryl methyl sites for hydroxylation is 1. The summed E-state index contributed by atoms with van der Waals surface area (Å²) in [6.07, 6.45) is 2.51. The molecule has 1 aromatic carbocycles. The van der Waals surface area contributed by atoms with Crippen molar-refractivity contribution in [2.45, 2.75) is 39.8 Å². The Hall–Kier alpha value is -3.19. The number of quaternary nitrogens is 1. The molecule has 2 N–H and O–H groups in total. The van der Waals surface area contributed by atoms with Gasteiger partial charge in [0, 0.05) is 16.6 Å². The zero-order chi connectivity index (χ0) is 20.4. The molecule has 0 amide bonds. The summed E-state index contributed by atoms with van der Waals surface area (Å²) in [7, 11) is 0. The van der Waals surface area contributed by atoms with Crippen LogP contribution in [0.3, 0.4) is 0 Å². The lowest BCUT2D eigenvalue weighted by Gasteiger charge is -2.23. The molecule has 0 aliphatic rings. The van der Waals surface area contributed by atoms with Gasteiger partial charge in [0.2, 0.25) is 5.78 Å². The number of carbonyl (C=O) groups excluding carboxylic acids is 1. The number of hydrogen-bond acceptors (Lipinski definition) is 5. The third-order valence-electron chi connectivity index (χ3n) is 5.29. The maximum absolute atomic E-state index is 13.4. The third-order valence-corrected chi connectivity index (χ3v) is 5.29. The van der Waals surface area contributed by atoms with Crippen LogP contribution in [0.25, 0.3) is 22.6 Å². The van der Waals surface area contributed by atoms with Crippen molar-refractivity contribution in [2.75, 3.05) is 6.54 Å². The lowest BCUT2D eigenvalue weighted by Crippen LogP contribution is -3.15. The van der Waals surface area contributed by atoms with E-state index < -0.39 is 0 Å². The van der Waals surface area contributed by atoms with Crippen LogP contribution in [0.1, 0.15) is 42.2 Å². The van der Waals surface area contributed by atoms with Gasteiger partial charge in [-0.3, -0.25) is 4.79 Å². The summed E-state index contributed by atoms with van der Waals surface area (Å²) in [4.78, 5) is 17.8. The van der Waals surface area contributed by atoms with E-state index in [0.717, 1.165) is 40.0 Å². The Kier molecular flexibility index (Phi) is 5.31. The Labute approximate surface area is 168 Å². The molecule has 0 radical (unpaired) electrons. The minimum atomic E-state index is -0.244. The molecule has 29 heavy (non-hydrogen) atoms. The molecule has 7 nitrogen and oxygen atoms in total. The summed E-state index contributed by atoms with van der Waals surface area (Å²) in [5.41, 5.74) is 2.65. The van der Waals surface area contributed by atoms with Crippen molar-refractivity contribution in [2.24, 2.45) is 0 Å². The number of aromatic nitrogens is 3. The summed E-state index contributed by atoms with van der Waals surface area (Å²) < 4.78 is 11.1. The molecular formula is C22H25N4O3+. The number of hydrogen-bond donors (Lipinski definition) is 2. The summed E-state index contributed by atoms with van der Waals surface area (Å²) in [6.45, 7) is 7.34. The fraction of sp³-hybridized carbons (Fsp3) is 0.318. The fourth-order valence-corrected chi connectivity index (χ4v) is 3.79. The molecule has 0 bridgehead atoms. The smallest absolute Gasteiger partial charge is 0.283 e. The SMILES string of the molecule is CCC[NH+](Cc1nnc(-c2ccco2)o1)[C@H](C)C(=O)c1c(C)[nH]c2ccccc12. The summed E-state index contributed by atoms with van der Waals surface area (Å²) in [5.74, 6) is 1.51. The van der Waals surface area contributed by atoms with Gasteiger partial charge in [-0.15, -0.1) is 10.2 Å². The lowest BCUT2D eigenvalue weighted by atomic mass is 10.0. The number of carbonyl (C=O) groups is 1. The zero-order valence-corrected chi connectivity index (χ0v) is 16.9. The van der Waals surface area contributed by atoms with E-state index in [4.69, 9.17) is 8.83 Å². The topological polar surface area (TPSA) is 89.4 Å². The molecule has 0 saturated heterocycles. The first kappa shape index (κ1) is 19.1. The first-order valence-corrected chi connectivity index (χ1v) is 9.90. The predicted molar refractivity (Wildman–Crippen MR) is 109 cm³/mol. The molecule has 3 aromatic heterocycles. The van der Waals surface area contributed by atoms with Gasteiger partial charge in [-0.05, 0) is 38.5 Å². The first-order valence-electron chi connectivity index (χ1n) is 9.90. The molecule has 2 atom stereocenters. The van der Waals surface area contributed by atoms with Crippen LogP contribution in [0.4, 0.5) is 0 Å². The van der Waals surface area contributed by atoms with Crippen molar-refractivity contribution < 1.29 is 18.5 Å². The molecule has 0 aliphatic heterocycles. The van der Waals surface area contributed by atoms with Gasteiger partial charge in [0.15, 0.2) is 12.3 Å².